The normalized spacial score (nSPS) is 21.8. The van der Waals surface area contributed by atoms with Gasteiger partial charge in [-0.05, 0) is 56.0 Å². The number of fused-ring (bicyclic) bond motifs is 3. The summed E-state index contributed by atoms with van der Waals surface area (Å²) in [4.78, 5) is 17.1. The molecule has 7 nitrogen and oxygen atoms in total. The third kappa shape index (κ3) is 4.49. The van der Waals surface area contributed by atoms with E-state index < -0.39 is 0 Å². The third-order valence-electron chi connectivity index (χ3n) is 6.07. The molecular weight excluding hydrogens is 408 g/mol. The quantitative estimate of drug-likeness (QED) is 0.690. The molecule has 1 amide bonds. The molecule has 1 aliphatic carbocycles. The summed E-state index contributed by atoms with van der Waals surface area (Å²) in [5.74, 6) is 1.28. The van der Waals surface area contributed by atoms with Gasteiger partial charge in [-0.2, -0.15) is 0 Å². The number of methoxy groups -OCH3 is 2. The van der Waals surface area contributed by atoms with E-state index in [2.05, 4.69) is 5.32 Å². The van der Waals surface area contributed by atoms with Crippen LogP contribution in [0.3, 0.4) is 0 Å². The lowest BCUT2D eigenvalue weighted by atomic mass is 9.74. The van der Waals surface area contributed by atoms with Crippen molar-refractivity contribution in [3.8, 4) is 11.5 Å². The fraction of sp³-hybridized carbons (Fsp3) is 0.440. The number of nitrogens with one attached hydrogen (secondary N) is 1. The summed E-state index contributed by atoms with van der Waals surface area (Å²) in [7, 11) is 3.12. The van der Waals surface area contributed by atoms with Crippen LogP contribution in [0.5, 0.6) is 11.5 Å². The Hall–Kier alpha value is -2.90. The Balaban J connectivity index is 1.79. The molecule has 2 aromatic rings. The largest absolute Gasteiger partial charge is 0.493 e. The van der Waals surface area contributed by atoms with Crippen molar-refractivity contribution in [1.29, 1.82) is 0 Å². The summed E-state index contributed by atoms with van der Waals surface area (Å²) < 4.78 is 16.4. The number of aliphatic hydroxyl groups is 1. The van der Waals surface area contributed by atoms with Crippen LogP contribution in [-0.2, 0) is 9.53 Å². The Bertz CT molecular complexity index is 1020. The number of aliphatic imine (C=N–C) groups is 1. The Kier molecular flexibility index (Phi) is 6.77. The molecule has 0 saturated heterocycles. The molecule has 0 spiro atoms. The first-order valence-electron chi connectivity index (χ1n) is 11.0. The molecule has 3 atom stereocenters. The summed E-state index contributed by atoms with van der Waals surface area (Å²) in [5, 5.41) is 13.2. The number of nitrogens with zero attached hydrogens (tertiary/aromatic N) is 1. The van der Waals surface area contributed by atoms with E-state index in [1.807, 2.05) is 43.3 Å². The fourth-order valence-electron chi connectivity index (χ4n) is 4.67. The number of amides is 1. The maximum atomic E-state index is 12.0. The van der Waals surface area contributed by atoms with Gasteiger partial charge in [-0.3, -0.25) is 9.79 Å². The molecule has 2 N–H and O–H groups in total. The molecule has 0 aromatic heterocycles. The number of hydrogen-bond donors (Lipinski definition) is 2. The van der Waals surface area contributed by atoms with Gasteiger partial charge in [0.1, 0.15) is 6.61 Å². The molecule has 32 heavy (non-hydrogen) atoms. The minimum absolute atomic E-state index is 0.00249. The number of carbonyl (C=O) groups excluding carboxylic acids is 1. The van der Waals surface area contributed by atoms with Gasteiger partial charge in [0.15, 0.2) is 11.5 Å². The summed E-state index contributed by atoms with van der Waals surface area (Å²) in [5.41, 5.74) is 4.56. The first kappa shape index (κ1) is 22.3. The van der Waals surface area contributed by atoms with E-state index in [0.29, 0.717) is 30.2 Å². The Morgan fingerprint density at radius 2 is 2.03 bits per heavy atom. The SMILES string of the molecule is CCOc1cc2c(cc1OC)C(c1cccc(NC(=O)COC)c1)=NC1CCC(O)CC21. The van der Waals surface area contributed by atoms with E-state index in [1.54, 1.807) is 7.11 Å². The van der Waals surface area contributed by atoms with Gasteiger partial charge in [0.05, 0.1) is 31.6 Å². The summed E-state index contributed by atoms with van der Waals surface area (Å²) in [6.45, 7) is 2.48. The Morgan fingerprint density at radius 3 is 2.78 bits per heavy atom. The van der Waals surface area contributed by atoms with Crippen LogP contribution in [-0.4, -0.2) is 56.3 Å². The predicted octanol–water partition coefficient (Wildman–Crippen LogP) is 3.53. The van der Waals surface area contributed by atoms with Gasteiger partial charge in [-0.25, -0.2) is 0 Å². The maximum absolute atomic E-state index is 12.0. The van der Waals surface area contributed by atoms with Gasteiger partial charge < -0.3 is 24.6 Å². The lowest BCUT2D eigenvalue weighted by molar-refractivity contribution is -0.119. The average Bonchev–Trinajstić information content (AvgIpc) is 2.79. The molecule has 1 heterocycles. The number of hydrogen-bond acceptors (Lipinski definition) is 6. The minimum Gasteiger partial charge on any atom is -0.493 e. The molecule has 2 aliphatic rings. The number of rotatable bonds is 7. The molecule has 1 aliphatic heterocycles. The fourth-order valence-corrected chi connectivity index (χ4v) is 4.67. The minimum atomic E-state index is -0.321. The van der Waals surface area contributed by atoms with E-state index in [1.165, 1.54) is 7.11 Å². The van der Waals surface area contributed by atoms with Crippen LogP contribution in [0.2, 0.25) is 0 Å². The van der Waals surface area contributed by atoms with Crippen LogP contribution in [0, 0.1) is 0 Å². The second kappa shape index (κ2) is 9.71. The zero-order chi connectivity index (χ0) is 22.7. The highest BCUT2D eigenvalue weighted by atomic mass is 16.5. The van der Waals surface area contributed by atoms with Crippen molar-refractivity contribution in [2.45, 2.75) is 44.2 Å². The number of aliphatic hydroxyl groups excluding tert-OH is 1. The lowest BCUT2D eigenvalue weighted by Gasteiger charge is -2.37. The van der Waals surface area contributed by atoms with Crippen LogP contribution >= 0.6 is 0 Å². The number of ether oxygens (including phenoxy) is 3. The topological polar surface area (TPSA) is 89.4 Å². The second-order valence-corrected chi connectivity index (χ2v) is 8.20. The molecule has 3 unspecified atom stereocenters. The van der Waals surface area contributed by atoms with Crippen LogP contribution < -0.4 is 14.8 Å². The van der Waals surface area contributed by atoms with Crippen molar-refractivity contribution in [1.82, 2.24) is 0 Å². The first-order chi connectivity index (χ1) is 15.5. The van der Waals surface area contributed by atoms with Crippen LogP contribution in [0.25, 0.3) is 0 Å². The molecule has 0 radical (unpaired) electrons. The van der Waals surface area contributed by atoms with E-state index in [0.717, 1.165) is 35.2 Å². The number of carbonyl (C=O) groups is 1. The molecule has 170 valence electrons. The monoisotopic (exact) mass is 438 g/mol. The summed E-state index contributed by atoms with van der Waals surface area (Å²) in [6, 6.07) is 11.8. The van der Waals surface area contributed by atoms with Crippen molar-refractivity contribution < 1.29 is 24.1 Å². The maximum Gasteiger partial charge on any atom is 0.250 e. The van der Waals surface area contributed by atoms with Gasteiger partial charge in [0, 0.05) is 29.8 Å². The molecule has 4 rings (SSSR count). The van der Waals surface area contributed by atoms with Gasteiger partial charge in [-0.15, -0.1) is 0 Å². The zero-order valence-corrected chi connectivity index (χ0v) is 18.8. The third-order valence-corrected chi connectivity index (χ3v) is 6.07. The van der Waals surface area contributed by atoms with E-state index in [-0.39, 0.29) is 30.6 Å². The molecule has 1 saturated carbocycles. The first-order valence-corrected chi connectivity index (χ1v) is 11.0. The van der Waals surface area contributed by atoms with Gasteiger partial charge in [0.2, 0.25) is 5.91 Å². The van der Waals surface area contributed by atoms with Crippen molar-refractivity contribution in [3.63, 3.8) is 0 Å². The van der Waals surface area contributed by atoms with Crippen LogP contribution in [0.1, 0.15) is 48.8 Å². The summed E-state index contributed by atoms with van der Waals surface area (Å²) in [6.07, 6.45) is 1.93. The van der Waals surface area contributed by atoms with Crippen molar-refractivity contribution in [2.75, 3.05) is 32.8 Å². The van der Waals surface area contributed by atoms with Crippen LogP contribution in [0.15, 0.2) is 41.4 Å². The Morgan fingerprint density at radius 1 is 1.19 bits per heavy atom. The van der Waals surface area contributed by atoms with E-state index >= 15 is 0 Å². The average molecular weight is 439 g/mol. The van der Waals surface area contributed by atoms with Crippen molar-refractivity contribution in [3.05, 3.63) is 53.1 Å². The van der Waals surface area contributed by atoms with E-state index in [9.17, 15) is 9.90 Å². The smallest absolute Gasteiger partial charge is 0.250 e. The van der Waals surface area contributed by atoms with Crippen LogP contribution in [0.4, 0.5) is 5.69 Å². The highest BCUT2D eigenvalue weighted by molar-refractivity contribution is 6.15. The Labute approximate surface area is 188 Å². The van der Waals surface area contributed by atoms with E-state index in [4.69, 9.17) is 19.2 Å². The molecule has 0 bridgehead atoms. The summed E-state index contributed by atoms with van der Waals surface area (Å²) >= 11 is 0. The highest BCUT2D eigenvalue weighted by Gasteiger charge is 2.37. The van der Waals surface area contributed by atoms with Gasteiger partial charge >= 0.3 is 0 Å². The van der Waals surface area contributed by atoms with Crippen molar-refractivity contribution in [2.24, 2.45) is 4.99 Å². The molecule has 7 heteroatoms. The van der Waals surface area contributed by atoms with Gasteiger partial charge in [-0.1, -0.05) is 12.1 Å². The van der Waals surface area contributed by atoms with Gasteiger partial charge in [0.25, 0.3) is 0 Å². The highest BCUT2D eigenvalue weighted by Crippen LogP contribution is 2.45. The molecule has 2 aromatic carbocycles. The second-order valence-electron chi connectivity index (χ2n) is 8.20. The number of anilines is 1. The molecule has 1 fully saturated rings. The molecular formula is C25H30N2O5. The predicted molar refractivity (Wildman–Crippen MR) is 123 cm³/mol. The lowest BCUT2D eigenvalue weighted by Crippen LogP contribution is -2.34. The van der Waals surface area contributed by atoms with Crippen molar-refractivity contribution >= 4 is 17.3 Å². The zero-order valence-electron chi connectivity index (χ0n) is 18.8. The standard InChI is InChI=1S/C25H30N2O5/c1-4-32-23-12-18-19-11-17(28)8-9-21(19)27-25(20(18)13-22(23)31-3)15-6-5-7-16(10-15)26-24(29)14-30-2/h5-7,10,12-13,17,19,21,28H,4,8-9,11,14H2,1-3H3,(H,26,29). The number of benzene rings is 2.